The van der Waals surface area contributed by atoms with Gasteiger partial charge in [0.1, 0.15) is 0 Å². The minimum Gasteiger partial charge on any atom is -0.468 e. The lowest BCUT2D eigenvalue weighted by Crippen LogP contribution is -2.45. The van der Waals surface area contributed by atoms with Gasteiger partial charge in [-0.1, -0.05) is 0 Å². The summed E-state index contributed by atoms with van der Waals surface area (Å²) < 4.78 is 65.2. The van der Waals surface area contributed by atoms with Crippen LogP contribution in [0.1, 0.15) is 23.2 Å². The fourth-order valence-corrected chi connectivity index (χ4v) is 2.48. The average Bonchev–Trinajstić information content (AvgIpc) is 2.54. The molecule has 0 spiro atoms. The number of amides is 1. The minimum absolute atomic E-state index is 0.137. The smallest absolute Gasteiger partial charge is 0.422 e. The average molecular weight is 367 g/mol. The van der Waals surface area contributed by atoms with Crippen LogP contribution in [0.5, 0.6) is 5.88 Å². The van der Waals surface area contributed by atoms with Gasteiger partial charge in [0.2, 0.25) is 5.88 Å². The van der Waals surface area contributed by atoms with Crippen LogP contribution in [-0.2, 0) is 0 Å². The Hall–Kier alpha value is -1.97. The van der Waals surface area contributed by atoms with Gasteiger partial charge in [-0.25, -0.2) is 13.8 Å². The van der Waals surface area contributed by atoms with Crippen molar-refractivity contribution in [2.75, 3.05) is 26.2 Å². The van der Waals surface area contributed by atoms with Crippen molar-refractivity contribution in [3.05, 3.63) is 23.9 Å². The van der Waals surface area contributed by atoms with Gasteiger partial charge in [0.05, 0.1) is 12.1 Å². The van der Waals surface area contributed by atoms with Gasteiger partial charge in [0.25, 0.3) is 12.3 Å². The van der Waals surface area contributed by atoms with E-state index in [0.717, 1.165) is 6.20 Å². The van der Waals surface area contributed by atoms with Gasteiger partial charge >= 0.3 is 6.18 Å². The Labute approximate surface area is 141 Å². The molecule has 1 aromatic heterocycles. The summed E-state index contributed by atoms with van der Waals surface area (Å²) in [5.74, 6) is -0.642. The number of hydrogen-bond donors (Lipinski definition) is 1. The van der Waals surface area contributed by atoms with Crippen LogP contribution in [0.2, 0.25) is 0 Å². The van der Waals surface area contributed by atoms with E-state index in [0.29, 0.717) is 25.9 Å². The Morgan fingerprint density at radius 3 is 2.52 bits per heavy atom. The predicted octanol–water partition coefficient (Wildman–Crippen LogP) is 2.48. The molecule has 1 fully saturated rings. The van der Waals surface area contributed by atoms with Crippen molar-refractivity contribution in [3.8, 4) is 5.88 Å². The summed E-state index contributed by atoms with van der Waals surface area (Å²) in [7, 11) is 0. The van der Waals surface area contributed by atoms with E-state index in [2.05, 4.69) is 15.0 Å². The predicted molar refractivity (Wildman–Crippen MR) is 78.7 cm³/mol. The number of alkyl halides is 5. The number of halogens is 5. The quantitative estimate of drug-likeness (QED) is 0.785. The summed E-state index contributed by atoms with van der Waals surface area (Å²) in [6.45, 7) is -0.789. The van der Waals surface area contributed by atoms with E-state index in [-0.39, 0.29) is 24.0 Å². The molecule has 1 N–H and O–H groups in total. The van der Waals surface area contributed by atoms with Crippen LogP contribution in [0.4, 0.5) is 22.0 Å². The van der Waals surface area contributed by atoms with Gasteiger partial charge in [-0.3, -0.25) is 9.69 Å². The van der Waals surface area contributed by atoms with Gasteiger partial charge in [-0.15, -0.1) is 0 Å². The summed E-state index contributed by atoms with van der Waals surface area (Å²) >= 11 is 0. The Bertz CT molecular complexity index is 557. The number of rotatable bonds is 6. The van der Waals surface area contributed by atoms with Crippen molar-refractivity contribution in [2.24, 2.45) is 0 Å². The van der Waals surface area contributed by atoms with Crippen molar-refractivity contribution in [1.82, 2.24) is 15.2 Å². The molecule has 1 aliphatic heterocycles. The third-order valence-corrected chi connectivity index (χ3v) is 3.70. The number of ether oxygens (including phenoxy) is 1. The van der Waals surface area contributed by atoms with E-state index in [1.54, 1.807) is 4.90 Å². The van der Waals surface area contributed by atoms with Gasteiger partial charge in [-0.2, -0.15) is 13.2 Å². The molecule has 1 saturated heterocycles. The summed E-state index contributed by atoms with van der Waals surface area (Å²) in [5.41, 5.74) is 0.189. The molecule has 0 aromatic carbocycles. The zero-order chi connectivity index (χ0) is 18.4. The third kappa shape index (κ3) is 6.81. The number of carbonyl (C=O) groups is 1. The molecule has 1 aliphatic rings. The SMILES string of the molecule is O=C(NC1CCN(CC(F)F)CC1)c1ccc(OCC(F)(F)F)nc1. The van der Waals surface area contributed by atoms with Crippen LogP contribution in [0, 0.1) is 0 Å². The van der Waals surface area contributed by atoms with E-state index in [4.69, 9.17) is 0 Å². The molecule has 1 amide bonds. The van der Waals surface area contributed by atoms with Crippen molar-refractivity contribution in [3.63, 3.8) is 0 Å². The first-order chi connectivity index (χ1) is 11.7. The number of likely N-dealkylation sites (tertiary alicyclic amines) is 1. The molecule has 0 radical (unpaired) electrons. The molecule has 1 aromatic rings. The Morgan fingerprint density at radius 1 is 1.32 bits per heavy atom. The number of piperidine rings is 1. The van der Waals surface area contributed by atoms with Crippen molar-refractivity contribution in [2.45, 2.75) is 31.5 Å². The number of carbonyl (C=O) groups excluding carboxylic acids is 1. The molecule has 2 heterocycles. The lowest BCUT2D eigenvalue weighted by molar-refractivity contribution is -0.154. The van der Waals surface area contributed by atoms with E-state index >= 15 is 0 Å². The van der Waals surface area contributed by atoms with Crippen LogP contribution in [0.25, 0.3) is 0 Å². The number of hydrogen-bond acceptors (Lipinski definition) is 4. The molecule has 2 rings (SSSR count). The number of nitrogens with one attached hydrogen (secondary N) is 1. The second-order valence-electron chi connectivity index (χ2n) is 5.73. The molecule has 0 bridgehead atoms. The highest BCUT2D eigenvalue weighted by atomic mass is 19.4. The van der Waals surface area contributed by atoms with E-state index < -0.39 is 25.1 Å². The fraction of sp³-hybridized carbons (Fsp3) is 0.600. The van der Waals surface area contributed by atoms with Gasteiger partial charge in [0, 0.05) is 31.4 Å². The zero-order valence-corrected chi connectivity index (χ0v) is 13.2. The normalized spacial score (nSPS) is 16.9. The standard InChI is InChI=1S/C15H18F5N3O2/c16-12(17)8-23-5-3-11(4-6-23)22-14(24)10-1-2-13(21-7-10)25-9-15(18,19)20/h1-2,7,11-12H,3-6,8-9H2,(H,22,24). The Kier molecular flexibility index (Phi) is 6.51. The van der Waals surface area contributed by atoms with Gasteiger partial charge in [0.15, 0.2) is 6.61 Å². The molecular formula is C15H18F5N3O2. The molecule has 5 nitrogen and oxygen atoms in total. The topological polar surface area (TPSA) is 54.5 Å². The Balaban J connectivity index is 1.79. The van der Waals surface area contributed by atoms with Crippen LogP contribution in [-0.4, -0.2) is 60.7 Å². The zero-order valence-electron chi connectivity index (χ0n) is 13.2. The number of nitrogens with zero attached hydrogens (tertiary/aromatic N) is 2. The monoisotopic (exact) mass is 367 g/mol. The Morgan fingerprint density at radius 2 is 2.00 bits per heavy atom. The molecule has 0 saturated carbocycles. The highest BCUT2D eigenvalue weighted by Gasteiger charge is 2.28. The second kappa shape index (κ2) is 8.41. The van der Waals surface area contributed by atoms with E-state index in [1.165, 1.54) is 12.1 Å². The molecule has 0 aliphatic carbocycles. The number of pyridine rings is 1. The largest absolute Gasteiger partial charge is 0.468 e. The van der Waals surface area contributed by atoms with Crippen molar-refractivity contribution >= 4 is 5.91 Å². The maximum absolute atomic E-state index is 12.3. The van der Waals surface area contributed by atoms with Crippen molar-refractivity contribution in [1.29, 1.82) is 0 Å². The summed E-state index contributed by atoms with van der Waals surface area (Å²) in [5, 5.41) is 2.77. The molecule has 25 heavy (non-hydrogen) atoms. The van der Waals surface area contributed by atoms with Gasteiger partial charge in [-0.05, 0) is 18.9 Å². The summed E-state index contributed by atoms with van der Waals surface area (Å²) in [6, 6.07) is 2.37. The van der Waals surface area contributed by atoms with Crippen LogP contribution in [0.3, 0.4) is 0 Å². The highest BCUT2D eigenvalue weighted by Crippen LogP contribution is 2.17. The van der Waals surface area contributed by atoms with Crippen LogP contribution >= 0.6 is 0 Å². The first kappa shape index (κ1) is 19.4. The fourth-order valence-electron chi connectivity index (χ4n) is 2.48. The van der Waals surface area contributed by atoms with E-state index in [9.17, 15) is 26.7 Å². The molecule has 10 heteroatoms. The number of aromatic nitrogens is 1. The maximum atomic E-state index is 12.3. The maximum Gasteiger partial charge on any atom is 0.422 e. The highest BCUT2D eigenvalue weighted by molar-refractivity contribution is 5.94. The minimum atomic E-state index is -4.46. The second-order valence-corrected chi connectivity index (χ2v) is 5.73. The molecule has 0 unspecified atom stereocenters. The summed E-state index contributed by atoms with van der Waals surface area (Å²) in [4.78, 5) is 17.4. The molecular weight excluding hydrogens is 349 g/mol. The molecule has 0 atom stereocenters. The van der Waals surface area contributed by atoms with E-state index in [1.807, 2.05) is 0 Å². The molecule has 140 valence electrons. The first-order valence-corrected chi connectivity index (χ1v) is 7.70. The van der Waals surface area contributed by atoms with Gasteiger partial charge < -0.3 is 10.1 Å². The van der Waals surface area contributed by atoms with Crippen molar-refractivity contribution < 1.29 is 31.5 Å². The lowest BCUT2D eigenvalue weighted by Gasteiger charge is -2.32. The van der Waals surface area contributed by atoms with Crippen LogP contribution < -0.4 is 10.1 Å². The van der Waals surface area contributed by atoms with Crippen LogP contribution in [0.15, 0.2) is 18.3 Å². The summed E-state index contributed by atoms with van der Waals surface area (Å²) in [6.07, 6.45) is -4.60. The first-order valence-electron chi connectivity index (χ1n) is 7.70. The lowest BCUT2D eigenvalue weighted by atomic mass is 10.0. The third-order valence-electron chi connectivity index (χ3n) is 3.70.